The van der Waals surface area contributed by atoms with Gasteiger partial charge in [0.15, 0.2) is 0 Å². The molecule has 0 amide bonds. The SMILES string of the molecule is Cc1cc2c(c(=O)n1Cc1cccs1)C(c1ccc(Cl)cc1)C(C#N)=C(N)O2. The van der Waals surface area contributed by atoms with Crippen LogP contribution in [0.3, 0.4) is 0 Å². The van der Waals surface area contributed by atoms with Crippen molar-refractivity contribution in [3.05, 3.63) is 96.4 Å². The Morgan fingerprint density at radius 1 is 1.32 bits per heavy atom. The second kappa shape index (κ2) is 7.19. The van der Waals surface area contributed by atoms with Gasteiger partial charge in [0.05, 0.1) is 18.0 Å². The van der Waals surface area contributed by atoms with Gasteiger partial charge in [0.1, 0.15) is 17.4 Å². The predicted molar refractivity (Wildman–Crippen MR) is 110 cm³/mol. The maximum absolute atomic E-state index is 13.5. The first kappa shape index (κ1) is 18.4. The summed E-state index contributed by atoms with van der Waals surface area (Å²) in [5.74, 6) is -0.195. The fourth-order valence-corrected chi connectivity index (χ4v) is 4.25. The Kier molecular flexibility index (Phi) is 4.71. The third-order valence-electron chi connectivity index (χ3n) is 4.79. The Bertz CT molecular complexity index is 1170. The minimum atomic E-state index is -0.603. The van der Waals surface area contributed by atoms with Crippen molar-refractivity contribution < 1.29 is 4.74 Å². The molecule has 0 fully saturated rings. The summed E-state index contributed by atoms with van der Waals surface area (Å²) in [4.78, 5) is 14.5. The van der Waals surface area contributed by atoms with Crippen molar-refractivity contribution in [2.24, 2.45) is 5.73 Å². The molecule has 5 nitrogen and oxygen atoms in total. The van der Waals surface area contributed by atoms with E-state index in [0.29, 0.717) is 22.9 Å². The molecule has 1 unspecified atom stereocenters. The first-order valence-electron chi connectivity index (χ1n) is 8.59. The number of hydrogen-bond acceptors (Lipinski definition) is 5. The number of hydrogen-bond donors (Lipinski definition) is 1. The number of fused-ring (bicyclic) bond motifs is 1. The van der Waals surface area contributed by atoms with Crippen molar-refractivity contribution in [3.8, 4) is 11.8 Å². The first-order valence-corrected chi connectivity index (χ1v) is 9.85. The molecule has 0 spiro atoms. The number of benzene rings is 1. The first-order chi connectivity index (χ1) is 13.5. The van der Waals surface area contributed by atoms with Gasteiger partial charge in [-0.15, -0.1) is 11.3 Å². The standard InChI is InChI=1S/C21H16ClN3O2S/c1-12-9-17-19(21(26)25(12)11-15-3-2-8-28-15)18(16(10-23)20(24)27-17)13-4-6-14(22)7-5-13/h2-9,18H,11,24H2,1H3. The number of aryl methyl sites for hydroxylation is 1. The lowest BCUT2D eigenvalue weighted by Crippen LogP contribution is -2.32. The number of nitrogens with zero attached hydrogens (tertiary/aromatic N) is 2. The number of thiophene rings is 1. The van der Waals surface area contributed by atoms with E-state index in [9.17, 15) is 10.1 Å². The molecule has 2 aromatic heterocycles. The summed E-state index contributed by atoms with van der Waals surface area (Å²) in [6.45, 7) is 2.32. The highest BCUT2D eigenvalue weighted by Crippen LogP contribution is 2.40. The van der Waals surface area contributed by atoms with E-state index in [2.05, 4.69) is 6.07 Å². The highest BCUT2D eigenvalue weighted by molar-refractivity contribution is 7.09. The Hall–Kier alpha value is -3.01. The van der Waals surface area contributed by atoms with Crippen molar-refractivity contribution in [2.75, 3.05) is 0 Å². The van der Waals surface area contributed by atoms with Crippen LogP contribution in [0.25, 0.3) is 0 Å². The Labute approximate surface area is 170 Å². The minimum Gasteiger partial charge on any atom is -0.440 e. The maximum atomic E-state index is 13.5. The average Bonchev–Trinajstić information content (AvgIpc) is 3.18. The monoisotopic (exact) mass is 409 g/mol. The van der Waals surface area contributed by atoms with Gasteiger partial charge in [0.2, 0.25) is 5.88 Å². The van der Waals surface area contributed by atoms with E-state index in [1.54, 1.807) is 46.2 Å². The Balaban J connectivity index is 1.94. The molecule has 3 aromatic rings. The molecule has 2 N–H and O–H groups in total. The van der Waals surface area contributed by atoms with Gasteiger partial charge in [-0.3, -0.25) is 4.79 Å². The fourth-order valence-electron chi connectivity index (χ4n) is 3.43. The molecule has 0 bridgehead atoms. The zero-order chi connectivity index (χ0) is 19.8. The number of rotatable bonds is 3. The average molecular weight is 410 g/mol. The summed E-state index contributed by atoms with van der Waals surface area (Å²) in [5, 5.41) is 12.2. The van der Waals surface area contributed by atoms with E-state index in [4.69, 9.17) is 22.1 Å². The van der Waals surface area contributed by atoms with Gasteiger partial charge in [0, 0.05) is 21.7 Å². The fraction of sp³-hybridized carbons (Fsp3) is 0.143. The van der Waals surface area contributed by atoms with Crippen LogP contribution in [0.1, 0.15) is 27.6 Å². The largest absolute Gasteiger partial charge is 0.440 e. The smallest absolute Gasteiger partial charge is 0.259 e. The summed E-state index contributed by atoms with van der Waals surface area (Å²) in [6, 6.07) is 14.9. The number of aromatic nitrogens is 1. The summed E-state index contributed by atoms with van der Waals surface area (Å²) < 4.78 is 7.36. The Morgan fingerprint density at radius 2 is 2.07 bits per heavy atom. The number of allylic oxidation sites excluding steroid dienone is 1. The van der Waals surface area contributed by atoms with Crippen LogP contribution in [0.2, 0.25) is 5.02 Å². The molecule has 0 saturated carbocycles. The molecule has 1 atom stereocenters. The second-order valence-corrected chi connectivity index (χ2v) is 7.98. The highest BCUT2D eigenvalue weighted by Gasteiger charge is 2.34. The molecule has 0 aliphatic carbocycles. The van der Waals surface area contributed by atoms with Crippen molar-refractivity contribution in [1.29, 1.82) is 5.26 Å². The van der Waals surface area contributed by atoms with E-state index < -0.39 is 5.92 Å². The van der Waals surface area contributed by atoms with Crippen LogP contribution in [0.4, 0.5) is 0 Å². The molecule has 0 radical (unpaired) electrons. The van der Waals surface area contributed by atoms with Gasteiger partial charge in [-0.1, -0.05) is 29.8 Å². The molecule has 1 aliphatic rings. The third kappa shape index (κ3) is 3.09. The molecule has 28 heavy (non-hydrogen) atoms. The molecule has 0 saturated heterocycles. The van der Waals surface area contributed by atoms with E-state index in [1.165, 1.54) is 0 Å². The lowest BCUT2D eigenvalue weighted by molar-refractivity contribution is 0.389. The minimum absolute atomic E-state index is 0.0183. The van der Waals surface area contributed by atoms with Crippen LogP contribution < -0.4 is 16.0 Å². The molecule has 7 heteroatoms. The van der Waals surface area contributed by atoms with Crippen molar-refractivity contribution in [1.82, 2.24) is 4.57 Å². The molecule has 140 valence electrons. The van der Waals surface area contributed by atoms with Crippen LogP contribution in [0.5, 0.6) is 5.75 Å². The van der Waals surface area contributed by atoms with Crippen molar-refractivity contribution in [2.45, 2.75) is 19.4 Å². The topological polar surface area (TPSA) is 81.0 Å². The highest BCUT2D eigenvalue weighted by atomic mass is 35.5. The lowest BCUT2D eigenvalue weighted by Gasteiger charge is -2.27. The predicted octanol–water partition coefficient (Wildman–Crippen LogP) is 4.14. The number of ether oxygens (including phenoxy) is 1. The zero-order valence-corrected chi connectivity index (χ0v) is 16.6. The molecule has 3 heterocycles. The Morgan fingerprint density at radius 3 is 2.71 bits per heavy atom. The quantitative estimate of drug-likeness (QED) is 0.704. The van der Waals surface area contributed by atoms with E-state index >= 15 is 0 Å². The van der Waals surface area contributed by atoms with Crippen LogP contribution >= 0.6 is 22.9 Å². The van der Waals surface area contributed by atoms with E-state index in [-0.39, 0.29) is 17.0 Å². The number of nitrogens with two attached hydrogens (primary N) is 1. The lowest BCUT2D eigenvalue weighted by atomic mass is 9.84. The molecular formula is C21H16ClN3O2S. The van der Waals surface area contributed by atoms with Gasteiger partial charge < -0.3 is 15.0 Å². The van der Waals surface area contributed by atoms with Crippen molar-refractivity contribution >= 4 is 22.9 Å². The van der Waals surface area contributed by atoms with Crippen LogP contribution in [-0.4, -0.2) is 4.57 Å². The molecule has 4 rings (SSSR count). The van der Waals surface area contributed by atoms with Gasteiger partial charge in [0.25, 0.3) is 5.56 Å². The summed E-state index contributed by atoms with van der Waals surface area (Å²) in [5.41, 5.74) is 7.98. The van der Waals surface area contributed by atoms with E-state index in [1.807, 2.05) is 24.4 Å². The van der Waals surface area contributed by atoms with Gasteiger partial charge in [-0.25, -0.2) is 0 Å². The molecule has 1 aliphatic heterocycles. The number of nitriles is 1. The normalized spacial score (nSPS) is 15.7. The van der Waals surface area contributed by atoms with Gasteiger partial charge in [-0.05, 0) is 36.1 Å². The van der Waals surface area contributed by atoms with Gasteiger partial charge >= 0.3 is 0 Å². The van der Waals surface area contributed by atoms with Crippen LogP contribution in [0, 0.1) is 18.3 Å². The van der Waals surface area contributed by atoms with E-state index in [0.717, 1.165) is 16.1 Å². The van der Waals surface area contributed by atoms with Gasteiger partial charge in [-0.2, -0.15) is 5.26 Å². The summed E-state index contributed by atoms with van der Waals surface area (Å²) >= 11 is 7.60. The number of halogens is 1. The summed E-state index contributed by atoms with van der Waals surface area (Å²) in [6.07, 6.45) is 0. The maximum Gasteiger partial charge on any atom is 0.259 e. The third-order valence-corrected chi connectivity index (χ3v) is 5.90. The second-order valence-electron chi connectivity index (χ2n) is 6.51. The van der Waals surface area contributed by atoms with Crippen LogP contribution in [0.15, 0.2) is 64.1 Å². The zero-order valence-electron chi connectivity index (χ0n) is 15.0. The molecular weight excluding hydrogens is 394 g/mol. The van der Waals surface area contributed by atoms with Crippen molar-refractivity contribution in [3.63, 3.8) is 0 Å². The number of pyridine rings is 1. The molecule has 1 aromatic carbocycles. The summed E-state index contributed by atoms with van der Waals surface area (Å²) in [7, 11) is 0. The van der Waals surface area contributed by atoms with Crippen LogP contribution in [-0.2, 0) is 6.54 Å².